The highest BCUT2D eigenvalue weighted by Gasteiger charge is 2.17. The lowest BCUT2D eigenvalue weighted by atomic mass is 10.0. The highest BCUT2D eigenvalue weighted by Crippen LogP contribution is 2.33. The molecule has 0 fully saturated rings. The van der Waals surface area contributed by atoms with E-state index >= 15 is 0 Å². The van der Waals surface area contributed by atoms with Crippen LogP contribution in [0.4, 0.5) is 4.39 Å². The van der Waals surface area contributed by atoms with Gasteiger partial charge in [-0.3, -0.25) is 10.1 Å². The highest BCUT2D eigenvalue weighted by molar-refractivity contribution is 5.96. The summed E-state index contributed by atoms with van der Waals surface area (Å²) in [5.74, 6) is 0.958. The maximum Gasteiger partial charge on any atom is 0.161 e. The van der Waals surface area contributed by atoms with Gasteiger partial charge < -0.3 is 9.72 Å². The third-order valence-electron chi connectivity index (χ3n) is 6.76. The molecule has 40 heavy (non-hydrogen) atoms. The fourth-order valence-corrected chi connectivity index (χ4v) is 4.87. The van der Waals surface area contributed by atoms with Gasteiger partial charge in [0.1, 0.15) is 23.7 Å². The van der Waals surface area contributed by atoms with Crippen LogP contribution < -0.4 is 4.74 Å². The van der Waals surface area contributed by atoms with Crippen LogP contribution in [0.3, 0.4) is 0 Å². The summed E-state index contributed by atoms with van der Waals surface area (Å²) < 4.78 is 20.1. The molecule has 0 aliphatic rings. The van der Waals surface area contributed by atoms with Gasteiger partial charge in [-0.05, 0) is 60.0 Å². The minimum absolute atomic E-state index is 0.276. The second-order valence-electron chi connectivity index (χ2n) is 9.65. The van der Waals surface area contributed by atoms with Crippen molar-refractivity contribution in [2.45, 2.75) is 13.5 Å². The van der Waals surface area contributed by atoms with E-state index in [1.807, 2.05) is 79.7 Å². The van der Waals surface area contributed by atoms with Gasteiger partial charge in [0.2, 0.25) is 0 Å². The molecule has 0 aliphatic heterocycles. The number of rotatable bonds is 6. The first kappa shape index (κ1) is 23.7. The molecule has 8 heteroatoms. The third-order valence-corrected chi connectivity index (χ3v) is 6.76. The minimum Gasteiger partial charge on any atom is -0.487 e. The average Bonchev–Trinajstić information content (AvgIpc) is 3.60. The van der Waals surface area contributed by atoms with Gasteiger partial charge >= 0.3 is 0 Å². The van der Waals surface area contributed by atoms with Crippen LogP contribution in [0.2, 0.25) is 0 Å². The lowest BCUT2D eigenvalue weighted by molar-refractivity contribution is 0.305. The molecule has 0 unspecified atom stereocenters. The Labute approximate surface area is 228 Å². The first-order chi connectivity index (χ1) is 19.6. The van der Waals surface area contributed by atoms with Gasteiger partial charge in [-0.15, -0.1) is 0 Å². The molecular weight excluding hydrogens is 503 g/mol. The topological polar surface area (TPSA) is 92.4 Å². The summed E-state index contributed by atoms with van der Waals surface area (Å²) in [7, 11) is 0. The summed E-state index contributed by atoms with van der Waals surface area (Å²) in [6.45, 7) is 2.33. The monoisotopic (exact) mass is 526 g/mol. The fourth-order valence-electron chi connectivity index (χ4n) is 4.87. The number of aryl methyl sites for hydroxylation is 1. The Morgan fingerprint density at radius 3 is 2.58 bits per heavy atom. The number of nitrogens with zero attached hydrogens (tertiary/aromatic N) is 4. The lowest BCUT2D eigenvalue weighted by Gasteiger charge is -2.08. The van der Waals surface area contributed by atoms with Crippen LogP contribution in [0.25, 0.3) is 56.0 Å². The van der Waals surface area contributed by atoms with E-state index in [9.17, 15) is 4.39 Å². The van der Waals surface area contributed by atoms with Gasteiger partial charge in [-0.1, -0.05) is 48.5 Å². The van der Waals surface area contributed by atoms with Crippen molar-refractivity contribution in [2.24, 2.45) is 0 Å². The van der Waals surface area contributed by atoms with E-state index in [4.69, 9.17) is 14.7 Å². The van der Waals surface area contributed by atoms with Crippen molar-refractivity contribution in [3.05, 3.63) is 114 Å². The molecule has 4 heterocycles. The molecule has 0 bridgehead atoms. The van der Waals surface area contributed by atoms with Gasteiger partial charge in [0.25, 0.3) is 0 Å². The number of nitrogens with one attached hydrogen (secondary N) is 2. The van der Waals surface area contributed by atoms with E-state index < -0.39 is 0 Å². The first-order valence-electron chi connectivity index (χ1n) is 12.8. The summed E-state index contributed by atoms with van der Waals surface area (Å²) in [6, 6.07) is 26.6. The number of ether oxygens (including phenoxy) is 1. The van der Waals surface area contributed by atoms with Crippen molar-refractivity contribution < 1.29 is 9.13 Å². The zero-order valence-electron chi connectivity index (χ0n) is 21.5. The predicted molar refractivity (Wildman–Crippen MR) is 153 cm³/mol. The quantitative estimate of drug-likeness (QED) is 0.238. The molecule has 3 aromatic carbocycles. The van der Waals surface area contributed by atoms with Crippen LogP contribution in [0.5, 0.6) is 5.75 Å². The molecule has 7 nitrogen and oxygen atoms in total. The van der Waals surface area contributed by atoms with E-state index in [0.717, 1.165) is 50.1 Å². The Kier molecular flexibility index (Phi) is 5.78. The van der Waals surface area contributed by atoms with Gasteiger partial charge in [-0.2, -0.15) is 5.10 Å². The molecule has 0 radical (unpaired) electrons. The van der Waals surface area contributed by atoms with Crippen LogP contribution in [0.1, 0.15) is 11.1 Å². The highest BCUT2D eigenvalue weighted by atomic mass is 19.1. The number of hydrogen-bond acceptors (Lipinski definition) is 5. The summed E-state index contributed by atoms with van der Waals surface area (Å²) in [6.07, 6.45) is 3.46. The number of aromatic nitrogens is 6. The molecule has 7 rings (SSSR count). The van der Waals surface area contributed by atoms with Crippen LogP contribution in [-0.2, 0) is 6.61 Å². The summed E-state index contributed by atoms with van der Waals surface area (Å²) in [5, 5.41) is 7.58. The standard InChI is InChI=1S/C32H23FN6O/c1-19-12-21(14-23(33)13-19)25-8-5-9-27-29(25)37-32(36-27)31-30-28(38-39-31)11-10-26(35-30)22-15-24(17-34-16-22)40-18-20-6-3-2-4-7-20/h2-17H,18H2,1H3,(H,36,37)(H,38,39). The van der Waals surface area contributed by atoms with Crippen LogP contribution in [0.15, 0.2) is 97.3 Å². The number of H-pyrrole nitrogens is 2. The third kappa shape index (κ3) is 4.45. The van der Waals surface area contributed by atoms with Crippen molar-refractivity contribution in [3.63, 3.8) is 0 Å². The summed E-state index contributed by atoms with van der Waals surface area (Å²) in [5.41, 5.74) is 8.73. The molecule has 2 N–H and O–H groups in total. The van der Waals surface area contributed by atoms with Crippen molar-refractivity contribution >= 4 is 22.1 Å². The first-order valence-corrected chi connectivity index (χ1v) is 12.8. The van der Waals surface area contributed by atoms with Crippen molar-refractivity contribution in [3.8, 4) is 39.7 Å². The Balaban J connectivity index is 1.25. The SMILES string of the molecule is Cc1cc(F)cc(-c2cccc3[nH]c(-c4n[nH]c5ccc(-c6cncc(OCc7ccccc7)c6)nc45)nc23)c1. The Hall–Kier alpha value is -5.37. The number of halogens is 1. The van der Waals surface area contributed by atoms with Crippen molar-refractivity contribution in [1.82, 2.24) is 30.1 Å². The minimum atomic E-state index is -0.276. The van der Waals surface area contributed by atoms with E-state index in [2.05, 4.69) is 20.2 Å². The summed E-state index contributed by atoms with van der Waals surface area (Å²) >= 11 is 0. The Morgan fingerprint density at radius 1 is 0.800 bits per heavy atom. The second kappa shape index (κ2) is 9.74. The predicted octanol–water partition coefficient (Wildman–Crippen LogP) is 7.26. The van der Waals surface area contributed by atoms with Gasteiger partial charge in [-0.25, -0.2) is 14.4 Å². The van der Waals surface area contributed by atoms with Crippen LogP contribution in [-0.4, -0.2) is 30.1 Å². The van der Waals surface area contributed by atoms with Crippen molar-refractivity contribution in [1.29, 1.82) is 0 Å². The number of para-hydroxylation sites is 1. The number of pyridine rings is 2. The largest absolute Gasteiger partial charge is 0.487 e. The lowest BCUT2D eigenvalue weighted by Crippen LogP contribution is -1.96. The molecule has 0 spiro atoms. The normalized spacial score (nSPS) is 11.3. The molecule has 0 saturated carbocycles. The maximum absolute atomic E-state index is 14.2. The van der Waals surface area contributed by atoms with Crippen molar-refractivity contribution in [2.75, 3.05) is 0 Å². The molecule has 194 valence electrons. The van der Waals surface area contributed by atoms with Gasteiger partial charge in [0, 0.05) is 17.3 Å². The molecule has 4 aromatic heterocycles. The molecule has 0 aliphatic carbocycles. The smallest absolute Gasteiger partial charge is 0.161 e. The summed E-state index contributed by atoms with van der Waals surface area (Å²) in [4.78, 5) is 17.5. The average molecular weight is 527 g/mol. The number of aromatic amines is 2. The number of imidazole rings is 1. The zero-order valence-corrected chi connectivity index (χ0v) is 21.5. The van der Waals surface area contributed by atoms with Gasteiger partial charge in [0.15, 0.2) is 11.5 Å². The fraction of sp³-hybridized carbons (Fsp3) is 0.0625. The number of fused-ring (bicyclic) bond motifs is 2. The second-order valence-corrected chi connectivity index (χ2v) is 9.65. The van der Waals surface area contributed by atoms with E-state index in [1.54, 1.807) is 12.4 Å². The van der Waals surface area contributed by atoms with Crippen LogP contribution >= 0.6 is 0 Å². The van der Waals surface area contributed by atoms with Crippen LogP contribution in [0, 0.1) is 12.7 Å². The number of hydrogen-bond donors (Lipinski definition) is 2. The zero-order chi connectivity index (χ0) is 27.1. The van der Waals surface area contributed by atoms with E-state index in [1.165, 1.54) is 12.1 Å². The molecule has 0 saturated heterocycles. The van der Waals surface area contributed by atoms with E-state index in [-0.39, 0.29) is 5.82 Å². The molecule has 0 atom stereocenters. The van der Waals surface area contributed by atoms with Gasteiger partial charge in [0.05, 0.1) is 28.4 Å². The molecule has 0 amide bonds. The maximum atomic E-state index is 14.2. The Morgan fingerprint density at radius 2 is 1.70 bits per heavy atom. The number of benzene rings is 3. The van der Waals surface area contributed by atoms with E-state index in [0.29, 0.717) is 29.4 Å². The molecular formula is C32H23FN6O. The molecule has 7 aromatic rings. The Bertz CT molecular complexity index is 1980.